The lowest BCUT2D eigenvalue weighted by molar-refractivity contribution is 0.00648. The third-order valence-corrected chi connectivity index (χ3v) is 4.11. The summed E-state index contributed by atoms with van der Waals surface area (Å²) in [6.45, 7) is 2.89. The Hall–Kier alpha value is -0.840. The Kier molecular flexibility index (Phi) is 3.18. The minimum Gasteiger partial charge on any atom is -0.378 e. The zero-order valence-electron chi connectivity index (χ0n) is 10.1. The van der Waals surface area contributed by atoms with Gasteiger partial charge in [-0.3, -0.25) is 0 Å². The lowest BCUT2D eigenvalue weighted by Gasteiger charge is -2.28. The molecule has 1 fully saturated rings. The van der Waals surface area contributed by atoms with E-state index in [1.807, 2.05) is 18.2 Å². The van der Waals surface area contributed by atoms with Gasteiger partial charge in [0.15, 0.2) is 4.77 Å². The topological polar surface area (TPSA) is 29.9 Å². The van der Waals surface area contributed by atoms with Gasteiger partial charge >= 0.3 is 0 Å². The summed E-state index contributed by atoms with van der Waals surface area (Å²) in [6.07, 6.45) is 2.24. The van der Waals surface area contributed by atoms with Crippen molar-refractivity contribution in [1.29, 1.82) is 0 Å². The monoisotopic (exact) mass is 282 g/mol. The minimum absolute atomic E-state index is 0.276. The molecule has 1 aromatic heterocycles. The van der Waals surface area contributed by atoms with Crippen LogP contribution in [0.1, 0.15) is 25.8 Å². The van der Waals surface area contributed by atoms with E-state index in [1.54, 1.807) is 0 Å². The number of hydrogen-bond acceptors (Lipinski definition) is 2. The highest BCUT2D eigenvalue weighted by Gasteiger charge is 2.23. The van der Waals surface area contributed by atoms with E-state index >= 15 is 0 Å². The predicted molar refractivity (Wildman–Crippen MR) is 75.8 cm³/mol. The number of nitrogens with one attached hydrogen (secondary N) is 1. The molecule has 0 saturated carbocycles. The lowest BCUT2D eigenvalue weighted by Crippen LogP contribution is -2.25. The SMILES string of the molecule is CC1CC(n2c(=S)[nH]c3cccc(Cl)c32)CCO1. The molecule has 0 amide bonds. The van der Waals surface area contributed by atoms with E-state index in [0.717, 1.165) is 40.3 Å². The maximum Gasteiger partial charge on any atom is 0.178 e. The first kappa shape index (κ1) is 12.2. The molecule has 2 unspecified atom stereocenters. The lowest BCUT2D eigenvalue weighted by atomic mass is 10.0. The molecule has 18 heavy (non-hydrogen) atoms. The molecule has 0 bridgehead atoms. The standard InChI is InChI=1S/C13H15ClN2OS/c1-8-7-9(5-6-17-8)16-12-10(14)3-2-4-11(12)15-13(16)18/h2-4,8-9H,5-7H2,1H3,(H,15,18). The molecule has 2 heterocycles. The zero-order chi connectivity index (χ0) is 12.7. The highest BCUT2D eigenvalue weighted by atomic mass is 35.5. The summed E-state index contributed by atoms with van der Waals surface area (Å²) in [5, 5.41) is 0.749. The first-order chi connectivity index (χ1) is 8.66. The van der Waals surface area contributed by atoms with Crippen LogP contribution in [0, 0.1) is 4.77 Å². The normalized spacial score (nSPS) is 24.6. The van der Waals surface area contributed by atoms with Crippen molar-refractivity contribution in [2.24, 2.45) is 0 Å². The van der Waals surface area contributed by atoms with Gasteiger partial charge in [0, 0.05) is 12.6 Å². The number of imidazole rings is 1. The van der Waals surface area contributed by atoms with Gasteiger partial charge in [0.1, 0.15) is 0 Å². The number of benzene rings is 1. The van der Waals surface area contributed by atoms with Crippen LogP contribution < -0.4 is 0 Å². The van der Waals surface area contributed by atoms with Crippen LogP contribution in [0.15, 0.2) is 18.2 Å². The van der Waals surface area contributed by atoms with E-state index in [4.69, 9.17) is 28.6 Å². The van der Waals surface area contributed by atoms with Crippen molar-refractivity contribution >= 4 is 34.9 Å². The van der Waals surface area contributed by atoms with Gasteiger partial charge in [-0.15, -0.1) is 0 Å². The molecule has 96 valence electrons. The third kappa shape index (κ3) is 1.98. The predicted octanol–water partition coefficient (Wildman–Crippen LogP) is 4.09. The molecule has 2 aromatic rings. The molecular weight excluding hydrogens is 268 g/mol. The van der Waals surface area contributed by atoms with Crippen molar-refractivity contribution in [3.05, 3.63) is 28.0 Å². The second-order valence-electron chi connectivity index (χ2n) is 4.80. The van der Waals surface area contributed by atoms with Crippen molar-refractivity contribution in [2.75, 3.05) is 6.61 Å². The summed E-state index contributed by atoms with van der Waals surface area (Å²) in [7, 11) is 0. The second kappa shape index (κ2) is 4.68. The summed E-state index contributed by atoms with van der Waals surface area (Å²) in [5.74, 6) is 0. The number of aromatic amines is 1. The minimum atomic E-state index is 0.276. The Bertz CT molecular complexity index is 633. The largest absolute Gasteiger partial charge is 0.378 e. The fraction of sp³-hybridized carbons (Fsp3) is 0.462. The number of ether oxygens (including phenoxy) is 1. The van der Waals surface area contributed by atoms with Gasteiger partial charge in [-0.25, -0.2) is 0 Å². The van der Waals surface area contributed by atoms with Crippen molar-refractivity contribution in [3.63, 3.8) is 0 Å². The fourth-order valence-electron chi connectivity index (χ4n) is 2.70. The van der Waals surface area contributed by atoms with Gasteiger partial charge < -0.3 is 14.3 Å². The quantitative estimate of drug-likeness (QED) is 0.799. The first-order valence-electron chi connectivity index (χ1n) is 6.17. The number of nitrogens with zero attached hydrogens (tertiary/aromatic N) is 1. The molecule has 1 aliphatic rings. The summed E-state index contributed by atoms with van der Waals surface area (Å²) < 4.78 is 8.50. The molecule has 1 aliphatic heterocycles. The van der Waals surface area contributed by atoms with Crippen molar-refractivity contribution < 1.29 is 4.74 Å². The number of H-pyrrole nitrogens is 1. The first-order valence-corrected chi connectivity index (χ1v) is 6.96. The van der Waals surface area contributed by atoms with Gasteiger partial charge in [0.25, 0.3) is 0 Å². The van der Waals surface area contributed by atoms with Gasteiger partial charge in [0.05, 0.1) is 22.2 Å². The number of halogens is 1. The number of rotatable bonds is 1. The van der Waals surface area contributed by atoms with E-state index in [2.05, 4.69) is 16.5 Å². The van der Waals surface area contributed by atoms with Crippen LogP contribution in [0.25, 0.3) is 11.0 Å². The van der Waals surface area contributed by atoms with Crippen molar-refractivity contribution in [1.82, 2.24) is 9.55 Å². The Balaban J connectivity index is 2.16. The van der Waals surface area contributed by atoms with Crippen LogP contribution in [0.3, 0.4) is 0 Å². The summed E-state index contributed by atoms with van der Waals surface area (Å²) in [5.41, 5.74) is 2.02. The van der Waals surface area contributed by atoms with E-state index in [-0.39, 0.29) is 6.10 Å². The maximum atomic E-state index is 6.31. The Morgan fingerprint density at radius 1 is 1.50 bits per heavy atom. The van der Waals surface area contributed by atoms with Gasteiger partial charge in [-0.05, 0) is 44.1 Å². The zero-order valence-corrected chi connectivity index (χ0v) is 11.7. The van der Waals surface area contributed by atoms with Crippen LogP contribution >= 0.6 is 23.8 Å². The van der Waals surface area contributed by atoms with Crippen LogP contribution in [0.4, 0.5) is 0 Å². The molecular formula is C13H15ClN2OS. The summed E-state index contributed by atoms with van der Waals surface area (Å²) in [6, 6.07) is 6.23. The Morgan fingerprint density at radius 3 is 3.11 bits per heavy atom. The number of fused-ring (bicyclic) bond motifs is 1. The number of hydrogen-bond donors (Lipinski definition) is 1. The molecule has 1 saturated heterocycles. The molecule has 0 aliphatic carbocycles. The molecule has 1 aromatic carbocycles. The molecule has 3 rings (SSSR count). The highest BCUT2D eigenvalue weighted by molar-refractivity contribution is 7.71. The Labute approximate surface area is 116 Å². The molecule has 1 N–H and O–H groups in total. The van der Waals surface area contributed by atoms with Gasteiger partial charge in [-0.2, -0.15) is 0 Å². The fourth-order valence-corrected chi connectivity index (χ4v) is 3.31. The van der Waals surface area contributed by atoms with Crippen molar-refractivity contribution in [3.8, 4) is 0 Å². The van der Waals surface area contributed by atoms with Crippen molar-refractivity contribution in [2.45, 2.75) is 31.9 Å². The second-order valence-corrected chi connectivity index (χ2v) is 5.59. The highest BCUT2D eigenvalue weighted by Crippen LogP contribution is 2.32. The average Bonchev–Trinajstić information content (AvgIpc) is 2.67. The molecule has 3 nitrogen and oxygen atoms in total. The van der Waals surface area contributed by atoms with Gasteiger partial charge in [0.2, 0.25) is 0 Å². The molecule has 0 spiro atoms. The van der Waals surface area contributed by atoms with Crippen LogP contribution in [-0.4, -0.2) is 22.3 Å². The number of aromatic nitrogens is 2. The molecule has 5 heteroatoms. The molecule has 0 radical (unpaired) electrons. The van der Waals surface area contributed by atoms with E-state index in [9.17, 15) is 0 Å². The van der Waals surface area contributed by atoms with Crippen LogP contribution in [0.2, 0.25) is 5.02 Å². The van der Waals surface area contributed by atoms with Gasteiger partial charge in [-0.1, -0.05) is 17.7 Å². The average molecular weight is 283 g/mol. The summed E-state index contributed by atoms with van der Waals surface area (Å²) in [4.78, 5) is 3.23. The van der Waals surface area contributed by atoms with E-state index < -0.39 is 0 Å². The number of para-hydroxylation sites is 1. The smallest absolute Gasteiger partial charge is 0.178 e. The third-order valence-electron chi connectivity index (χ3n) is 3.51. The maximum absolute atomic E-state index is 6.31. The Morgan fingerprint density at radius 2 is 2.33 bits per heavy atom. The summed E-state index contributed by atoms with van der Waals surface area (Å²) >= 11 is 11.8. The van der Waals surface area contributed by atoms with E-state index in [1.165, 1.54) is 0 Å². The molecule has 2 atom stereocenters. The van der Waals surface area contributed by atoms with Crippen LogP contribution in [-0.2, 0) is 4.74 Å². The van der Waals surface area contributed by atoms with E-state index in [0.29, 0.717) is 6.04 Å². The van der Waals surface area contributed by atoms with Crippen LogP contribution in [0.5, 0.6) is 0 Å².